The van der Waals surface area contributed by atoms with E-state index >= 15 is 0 Å². The molecule has 0 bridgehead atoms. The van der Waals surface area contributed by atoms with E-state index in [1.807, 2.05) is 43.3 Å². The Morgan fingerprint density at radius 1 is 1.05 bits per heavy atom. The molecule has 1 heterocycles. The Balaban J connectivity index is 2.13. The number of hydrogen-bond acceptors (Lipinski definition) is 2. The van der Waals surface area contributed by atoms with Crippen molar-refractivity contribution in [2.45, 2.75) is 11.8 Å². The van der Waals surface area contributed by atoms with Gasteiger partial charge in [0.1, 0.15) is 0 Å². The summed E-state index contributed by atoms with van der Waals surface area (Å²) in [6.45, 7) is 1.85. The monoisotopic (exact) mass is 297 g/mol. The van der Waals surface area contributed by atoms with Crippen LogP contribution in [0.25, 0.3) is 10.9 Å². The Bertz CT molecular complexity index is 835. The Labute approximate surface area is 125 Å². The summed E-state index contributed by atoms with van der Waals surface area (Å²) in [6, 6.07) is 16.7. The molecular weight excluding hydrogens is 282 g/mol. The maximum absolute atomic E-state index is 12.8. The second-order valence-corrected chi connectivity index (χ2v) is 6.39. The topological polar surface area (TPSA) is 39.1 Å². The summed E-state index contributed by atoms with van der Waals surface area (Å²) in [7, 11) is -1.15. The highest BCUT2D eigenvalue weighted by atomic mass is 32.2. The number of carbonyl (C=O) groups is 1. The van der Waals surface area contributed by atoms with Gasteiger partial charge in [0.2, 0.25) is 0 Å². The Kier molecular flexibility index (Phi) is 3.71. The smallest absolute Gasteiger partial charge is 0.263 e. The van der Waals surface area contributed by atoms with Gasteiger partial charge in [-0.05, 0) is 24.3 Å². The van der Waals surface area contributed by atoms with Gasteiger partial charge in [-0.1, -0.05) is 37.3 Å². The zero-order valence-corrected chi connectivity index (χ0v) is 12.5. The lowest BCUT2D eigenvalue weighted by Crippen LogP contribution is -2.14. The summed E-state index contributed by atoms with van der Waals surface area (Å²) in [5.41, 5.74) is 1.36. The quantitative estimate of drug-likeness (QED) is 0.742. The van der Waals surface area contributed by atoms with Crippen molar-refractivity contribution in [3.63, 3.8) is 0 Å². The fourth-order valence-electron chi connectivity index (χ4n) is 2.39. The molecule has 0 fully saturated rings. The van der Waals surface area contributed by atoms with Crippen LogP contribution in [0.5, 0.6) is 0 Å². The first-order valence-corrected chi connectivity index (χ1v) is 8.12. The van der Waals surface area contributed by atoms with Gasteiger partial charge in [0, 0.05) is 17.3 Å². The molecule has 106 valence electrons. The average Bonchev–Trinajstić information content (AvgIpc) is 2.97. The zero-order valence-electron chi connectivity index (χ0n) is 11.7. The van der Waals surface area contributed by atoms with Crippen molar-refractivity contribution < 1.29 is 9.00 Å². The number of benzene rings is 2. The Hall–Kier alpha value is -2.20. The summed E-state index contributed by atoms with van der Waals surface area (Å²) in [5, 5.41) is 1.01. The van der Waals surface area contributed by atoms with E-state index in [2.05, 4.69) is 0 Å². The van der Waals surface area contributed by atoms with Crippen molar-refractivity contribution in [2.75, 3.05) is 5.75 Å². The number of fused-ring (bicyclic) bond motifs is 1. The minimum absolute atomic E-state index is 0.145. The van der Waals surface area contributed by atoms with Crippen molar-refractivity contribution in [2.24, 2.45) is 0 Å². The van der Waals surface area contributed by atoms with E-state index in [1.54, 1.807) is 29.0 Å². The molecule has 0 N–H and O–H groups in total. The largest absolute Gasteiger partial charge is 0.283 e. The standard InChI is InChI=1S/C17H15NO2S/c1-2-21(20)16-10-6-4-8-14(16)17(19)18-12-11-13-7-3-5-9-15(13)18/h3-12H,2H2,1H3. The van der Waals surface area contributed by atoms with Gasteiger partial charge in [0.05, 0.1) is 26.8 Å². The highest BCUT2D eigenvalue weighted by Crippen LogP contribution is 2.20. The van der Waals surface area contributed by atoms with Crippen LogP contribution in [0.2, 0.25) is 0 Å². The molecule has 1 atom stereocenters. The maximum atomic E-state index is 12.8. The number of hydrogen-bond donors (Lipinski definition) is 0. The minimum atomic E-state index is -1.15. The maximum Gasteiger partial charge on any atom is 0.263 e. The van der Waals surface area contributed by atoms with E-state index in [9.17, 15) is 9.00 Å². The van der Waals surface area contributed by atoms with E-state index < -0.39 is 10.8 Å². The number of aromatic nitrogens is 1. The number of para-hydroxylation sites is 1. The van der Waals surface area contributed by atoms with E-state index in [4.69, 9.17) is 0 Å². The van der Waals surface area contributed by atoms with Crippen LogP contribution in [-0.2, 0) is 10.8 Å². The third kappa shape index (κ3) is 2.43. The fraction of sp³-hybridized carbons (Fsp3) is 0.118. The first-order valence-electron chi connectivity index (χ1n) is 6.80. The SMILES string of the molecule is CCS(=O)c1ccccc1C(=O)n1ccc2ccccc21. The average molecular weight is 297 g/mol. The van der Waals surface area contributed by atoms with Crippen LogP contribution in [0, 0.1) is 0 Å². The van der Waals surface area contributed by atoms with Gasteiger partial charge in [-0.3, -0.25) is 13.6 Å². The molecule has 4 heteroatoms. The van der Waals surface area contributed by atoms with E-state index in [0.717, 1.165) is 10.9 Å². The molecule has 3 rings (SSSR count). The molecule has 2 aromatic carbocycles. The molecule has 0 saturated heterocycles. The van der Waals surface area contributed by atoms with Crippen molar-refractivity contribution in [3.8, 4) is 0 Å². The van der Waals surface area contributed by atoms with Crippen molar-refractivity contribution >= 4 is 27.6 Å². The van der Waals surface area contributed by atoms with Crippen LogP contribution >= 0.6 is 0 Å². The summed E-state index contributed by atoms with van der Waals surface area (Å²) in [5.74, 6) is 0.352. The molecular formula is C17H15NO2S. The van der Waals surface area contributed by atoms with Crippen molar-refractivity contribution in [1.82, 2.24) is 4.57 Å². The number of nitrogens with zero attached hydrogens (tertiary/aromatic N) is 1. The van der Waals surface area contributed by atoms with Gasteiger partial charge in [0.15, 0.2) is 0 Å². The van der Waals surface area contributed by atoms with E-state index in [0.29, 0.717) is 16.2 Å². The molecule has 1 aromatic heterocycles. The van der Waals surface area contributed by atoms with Gasteiger partial charge in [0.25, 0.3) is 5.91 Å². The number of carbonyl (C=O) groups excluding carboxylic acids is 1. The van der Waals surface area contributed by atoms with E-state index in [1.165, 1.54) is 0 Å². The van der Waals surface area contributed by atoms with Gasteiger partial charge >= 0.3 is 0 Å². The van der Waals surface area contributed by atoms with Gasteiger partial charge < -0.3 is 0 Å². The highest BCUT2D eigenvalue weighted by molar-refractivity contribution is 7.85. The Morgan fingerprint density at radius 2 is 1.76 bits per heavy atom. The molecule has 3 nitrogen and oxygen atoms in total. The third-order valence-corrected chi connectivity index (χ3v) is 4.81. The molecule has 3 aromatic rings. The van der Waals surface area contributed by atoms with Crippen LogP contribution < -0.4 is 0 Å². The molecule has 1 unspecified atom stereocenters. The van der Waals surface area contributed by atoms with E-state index in [-0.39, 0.29) is 5.91 Å². The van der Waals surface area contributed by atoms with Crippen molar-refractivity contribution in [3.05, 3.63) is 66.4 Å². The van der Waals surface area contributed by atoms with Crippen LogP contribution in [0.4, 0.5) is 0 Å². The number of rotatable bonds is 3. The molecule has 0 radical (unpaired) electrons. The summed E-state index contributed by atoms with van der Waals surface area (Å²) < 4.78 is 13.7. The van der Waals surface area contributed by atoms with Crippen LogP contribution in [-0.4, -0.2) is 20.4 Å². The molecule has 0 aliphatic heterocycles. The molecule has 0 saturated carbocycles. The van der Waals surface area contributed by atoms with Gasteiger partial charge in [-0.2, -0.15) is 0 Å². The first kappa shape index (κ1) is 13.8. The van der Waals surface area contributed by atoms with Crippen molar-refractivity contribution in [1.29, 1.82) is 0 Å². The summed E-state index contributed by atoms with van der Waals surface area (Å²) in [6.07, 6.45) is 1.76. The lowest BCUT2D eigenvalue weighted by Gasteiger charge is -2.09. The second-order valence-electron chi connectivity index (χ2n) is 4.68. The van der Waals surface area contributed by atoms with Gasteiger partial charge in [-0.15, -0.1) is 0 Å². The minimum Gasteiger partial charge on any atom is -0.283 e. The first-order chi connectivity index (χ1) is 10.2. The second kappa shape index (κ2) is 5.66. The highest BCUT2D eigenvalue weighted by Gasteiger charge is 2.17. The zero-order chi connectivity index (χ0) is 14.8. The predicted molar refractivity (Wildman–Crippen MR) is 85.1 cm³/mol. The molecule has 0 spiro atoms. The molecule has 0 amide bonds. The molecule has 0 aliphatic rings. The molecule has 21 heavy (non-hydrogen) atoms. The lowest BCUT2D eigenvalue weighted by atomic mass is 10.2. The Morgan fingerprint density at radius 3 is 2.57 bits per heavy atom. The summed E-state index contributed by atoms with van der Waals surface area (Å²) >= 11 is 0. The third-order valence-electron chi connectivity index (χ3n) is 3.44. The molecule has 0 aliphatic carbocycles. The normalized spacial score (nSPS) is 12.4. The fourth-order valence-corrected chi connectivity index (χ4v) is 3.33. The lowest BCUT2D eigenvalue weighted by molar-refractivity contribution is 0.0962. The van der Waals surface area contributed by atoms with Crippen LogP contribution in [0.15, 0.2) is 65.7 Å². The van der Waals surface area contributed by atoms with Crippen LogP contribution in [0.3, 0.4) is 0 Å². The predicted octanol–water partition coefficient (Wildman–Crippen LogP) is 3.46. The van der Waals surface area contributed by atoms with Crippen LogP contribution in [0.1, 0.15) is 17.3 Å². The summed E-state index contributed by atoms with van der Waals surface area (Å²) in [4.78, 5) is 13.4. The van der Waals surface area contributed by atoms with Gasteiger partial charge in [-0.25, -0.2) is 0 Å².